The summed E-state index contributed by atoms with van der Waals surface area (Å²) in [6, 6.07) is 0. The highest BCUT2D eigenvalue weighted by molar-refractivity contribution is 4.72. The van der Waals surface area contributed by atoms with Crippen LogP contribution in [-0.4, -0.2) is 37.6 Å². The molecule has 0 aromatic carbocycles. The van der Waals surface area contributed by atoms with Gasteiger partial charge in [-0.1, -0.05) is 13.8 Å². The molecular weight excluding hydrogens is 160 g/mol. The molecule has 0 aliphatic carbocycles. The van der Waals surface area contributed by atoms with Crippen LogP contribution in [0.3, 0.4) is 0 Å². The van der Waals surface area contributed by atoms with Crippen LogP contribution >= 0.6 is 0 Å². The van der Waals surface area contributed by atoms with Crippen LogP contribution in [0.1, 0.15) is 33.1 Å². The van der Waals surface area contributed by atoms with Gasteiger partial charge in [0.05, 0.1) is 0 Å². The van der Waals surface area contributed by atoms with E-state index in [0.717, 1.165) is 5.92 Å². The lowest BCUT2D eigenvalue weighted by Crippen LogP contribution is -2.27. The Labute approximate surface area is 82.7 Å². The molecule has 0 radical (unpaired) electrons. The van der Waals surface area contributed by atoms with E-state index in [1.165, 1.54) is 52.0 Å². The van der Waals surface area contributed by atoms with Crippen molar-refractivity contribution >= 4 is 0 Å². The third-order valence-electron chi connectivity index (χ3n) is 3.00. The van der Waals surface area contributed by atoms with Crippen molar-refractivity contribution in [1.29, 1.82) is 0 Å². The molecule has 2 heteroatoms. The molecule has 1 heterocycles. The molecule has 1 fully saturated rings. The maximum absolute atomic E-state index is 3.43. The van der Waals surface area contributed by atoms with Crippen LogP contribution in [0.15, 0.2) is 0 Å². The first-order valence-electron chi connectivity index (χ1n) is 5.79. The number of hydrogen-bond acceptors (Lipinski definition) is 2. The van der Waals surface area contributed by atoms with Crippen LogP contribution < -0.4 is 5.32 Å². The van der Waals surface area contributed by atoms with E-state index >= 15 is 0 Å². The van der Waals surface area contributed by atoms with Gasteiger partial charge in [-0.05, 0) is 57.9 Å². The van der Waals surface area contributed by atoms with Crippen molar-refractivity contribution < 1.29 is 0 Å². The summed E-state index contributed by atoms with van der Waals surface area (Å²) < 4.78 is 0. The van der Waals surface area contributed by atoms with Gasteiger partial charge in [-0.2, -0.15) is 0 Å². The molecule has 0 aromatic rings. The first-order chi connectivity index (χ1) is 6.36. The van der Waals surface area contributed by atoms with Crippen molar-refractivity contribution in [2.75, 3.05) is 32.7 Å². The molecule has 1 saturated heterocycles. The Morgan fingerprint density at radius 3 is 2.69 bits per heavy atom. The van der Waals surface area contributed by atoms with Crippen molar-refractivity contribution in [1.82, 2.24) is 10.2 Å². The van der Waals surface area contributed by atoms with Crippen molar-refractivity contribution in [2.24, 2.45) is 5.92 Å². The summed E-state index contributed by atoms with van der Waals surface area (Å²) in [7, 11) is 0. The molecule has 2 nitrogen and oxygen atoms in total. The molecule has 0 amide bonds. The van der Waals surface area contributed by atoms with Gasteiger partial charge in [-0.25, -0.2) is 0 Å². The second-order valence-corrected chi connectivity index (χ2v) is 4.08. The van der Waals surface area contributed by atoms with Gasteiger partial charge < -0.3 is 10.2 Å². The topological polar surface area (TPSA) is 15.3 Å². The van der Waals surface area contributed by atoms with E-state index in [-0.39, 0.29) is 0 Å². The minimum Gasteiger partial charge on any atom is -0.316 e. The quantitative estimate of drug-likeness (QED) is 0.676. The second kappa shape index (κ2) is 6.39. The van der Waals surface area contributed by atoms with Gasteiger partial charge in [0.15, 0.2) is 0 Å². The fraction of sp³-hybridized carbons (Fsp3) is 1.00. The zero-order valence-electron chi connectivity index (χ0n) is 9.18. The molecule has 1 N–H and O–H groups in total. The smallest absolute Gasteiger partial charge is 0.00157 e. The Bertz CT molecular complexity index is 119. The van der Waals surface area contributed by atoms with Crippen molar-refractivity contribution in [3.63, 3.8) is 0 Å². The fourth-order valence-electron chi connectivity index (χ4n) is 2.07. The van der Waals surface area contributed by atoms with Gasteiger partial charge in [0.25, 0.3) is 0 Å². The summed E-state index contributed by atoms with van der Waals surface area (Å²) in [4.78, 5) is 2.57. The number of nitrogens with one attached hydrogen (secondary N) is 1. The minimum atomic E-state index is 0.950. The maximum atomic E-state index is 3.43. The summed E-state index contributed by atoms with van der Waals surface area (Å²) in [5.74, 6) is 0.950. The first kappa shape index (κ1) is 11.0. The number of nitrogens with zero attached hydrogens (tertiary/aromatic N) is 1. The maximum Gasteiger partial charge on any atom is -0.00157 e. The fourth-order valence-corrected chi connectivity index (χ4v) is 2.07. The number of hydrogen-bond donors (Lipinski definition) is 1. The summed E-state index contributed by atoms with van der Waals surface area (Å²) in [6.45, 7) is 10.8. The van der Waals surface area contributed by atoms with E-state index in [1.807, 2.05) is 0 Å². The van der Waals surface area contributed by atoms with Crippen molar-refractivity contribution in [3.05, 3.63) is 0 Å². The van der Waals surface area contributed by atoms with Gasteiger partial charge >= 0.3 is 0 Å². The molecule has 13 heavy (non-hydrogen) atoms. The standard InChI is InChI=1S/C11H24N2/c1-3-8-13(4-2)9-6-11-5-7-12-10-11/h11-12H,3-10H2,1-2H3. The highest BCUT2D eigenvalue weighted by Crippen LogP contribution is 2.12. The second-order valence-electron chi connectivity index (χ2n) is 4.08. The molecule has 1 rings (SSSR count). The van der Waals surface area contributed by atoms with Crippen LogP contribution in [0.2, 0.25) is 0 Å². The van der Waals surface area contributed by atoms with E-state index in [0.29, 0.717) is 0 Å². The highest BCUT2D eigenvalue weighted by atomic mass is 15.1. The van der Waals surface area contributed by atoms with Crippen LogP contribution in [0.25, 0.3) is 0 Å². The predicted octanol–water partition coefficient (Wildman–Crippen LogP) is 1.72. The molecule has 0 bridgehead atoms. The Morgan fingerprint density at radius 2 is 2.15 bits per heavy atom. The molecule has 1 aliphatic heterocycles. The predicted molar refractivity (Wildman–Crippen MR) is 58.0 cm³/mol. The molecule has 1 unspecified atom stereocenters. The van der Waals surface area contributed by atoms with Crippen LogP contribution in [0.5, 0.6) is 0 Å². The third-order valence-corrected chi connectivity index (χ3v) is 3.00. The Morgan fingerprint density at radius 1 is 1.31 bits per heavy atom. The molecule has 1 atom stereocenters. The average Bonchev–Trinajstić information content (AvgIpc) is 2.64. The van der Waals surface area contributed by atoms with E-state index in [4.69, 9.17) is 0 Å². The van der Waals surface area contributed by atoms with Gasteiger partial charge in [0, 0.05) is 0 Å². The monoisotopic (exact) mass is 184 g/mol. The van der Waals surface area contributed by atoms with Crippen LogP contribution in [0.4, 0.5) is 0 Å². The lowest BCUT2D eigenvalue weighted by molar-refractivity contribution is 0.267. The first-order valence-corrected chi connectivity index (χ1v) is 5.79. The molecular formula is C11H24N2. The van der Waals surface area contributed by atoms with Crippen LogP contribution in [-0.2, 0) is 0 Å². The lowest BCUT2D eigenvalue weighted by atomic mass is 10.0. The SMILES string of the molecule is CCCN(CC)CCC1CCNC1. The van der Waals surface area contributed by atoms with Gasteiger partial charge in [-0.15, -0.1) is 0 Å². The third kappa shape index (κ3) is 4.10. The zero-order valence-corrected chi connectivity index (χ0v) is 9.18. The molecule has 1 aliphatic rings. The zero-order chi connectivity index (χ0) is 9.52. The van der Waals surface area contributed by atoms with Gasteiger partial charge in [-0.3, -0.25) is 0 Å². The highest BCUT2D eigenvalue weighted by Gasteiger charge is 2.14. The Balaban J connectivity index is 2.07. The summed E-state index contributed by atoms with van der Waals surface area (Å²) in [5.41, 5.74) is 0. The summed E-state index contributed by atoms with van der Waals surface area (Å²) >= 11 is 0. The van der Waals surface area contributed by atoms with Crippen molar-refractivity contribution in [3.8, 4) is 0 Å². The van der Waals surface area contributed by atoms with Gasteiger partial charge in [0.1, 0.15) is 0 Å². The summed E-state index contributed by atoms with van der Waals surface area (Å²) in [6.07, 6.45) is 4.07. The average molecular weight is 184 g/mol. The minimum absolute atomic E-state index is 0.950. The number of rotatable bonds is 6. The van der Waals surface area contributed by atoms with E-state index in [1.54, 1.807) is 0 Å². The van der Waals surface area contributed by atoms with Gasteiger partial charge in [0.2, 0.25) is 0 Å². The normalized spacial score (nSPS) is 22.8. The Hall–Kier alpha value is -0.0800. The largest absolute Gasteiger partial charge is 0.316 e. The van der Waals surface area contributed by atoms with E-state index in [2.05, 4.69) is 24.1 Å². The lowest BCUT2D eigenvalue weighted by Gasteiger charge is -2.21. The molecule has 0 saturated carbocycles. The molecule has 78 valence electrons. The van der Waals surface area contributed by atoms with E-state index in [9.17, 15) is 0 Å². The van der Waals surface area contributed by atoms with E-state index < -0.39 is 0 Å². The summed E-state index contributed by atoms with van der Waals surface area (Å²) in [5, 5.41) is 3.43. The Kier molecular flexibility index (Phi) is 5.40. The van der Waals surface area contributed by atoms with Crippen LogP contribution in [0, 0.1) is 5.92 Å². The molecule has 0 aromatic heterocycles. The molecule has 0 spiro atoms. The van der Waals surface area contributed by atoms with Crippen molar-refractivity contribution in [2.45, 2.75) is 33.1 Å².